The molecule has 0 spiro atoms. The lowest BCUT2D eigenvalue weighted by Gasteiger charge is -2.02. The molecule has 2 nitrogen and oxygen atoms in total. The third kappa shape index (κ3) is 5.13. The Morgan fingerprint density at radius 1 is 0.850 bits per heavy atom. The number of ether oxygens (including phenoxy) is 2. The number of halogens is 3. The minimum Gasteiger partial charge on any atom is -0.496 e. The second kappa shape index (κ2) is 8.27. The van der Waals surface area contributed by atoms with Crippen molar-refractivity contribution in [1.82, 2.24) is 0 Å². The summed E-state index contributed by atoms with van der Waals surface area (Å²) in [5.74, 6) is 1.25. The van der Waals surface area contributed by atoms with Crippen LogP contribution in [0.5, 0.6) is 11.5 Å². The van der Waals surface area contributed by atoms with Crippen LogP contribution in [0.3, 0.4) is 0 Å². The molecule has 0 amide bonds. The van der Waals surface area contributed by atoms with Crippen LogP contribution in [-0.2, 0) is 0 Å². The number of methoxy groups -OCH3 is 2. The second-order valence-corrected chi connectivity index (χ2v) is 5.63. The molecular formula is C15H15Br2FO2. The molecule has 0 aliphatic rings. The largest absolute Gasteiger partial charge is 0.496 e. The van der Waals surface area contributed by atoms with Crippen LogP contribution >= 0.6 is 31.9 Å². The number of benzene rings is 2. The molecule has 0 aliphatic carbocycles. The van der Waals surface area contributed by atoms with E-state index >= 15 is 0 Å². The average molecular weight is 406 g/mol. The van der Waals surface area contributed by atoms with Gasteiger partial charge in [-0.1, -0.05) is 6.07 Å². The first-order chi connectivity index (χ1) is 9.47. The minimum atomic E-state index is -0.271. The highest BCUT2D eigenvalue weighted by molar-refractivity contribution is 9.10. The van der Waals surface area contributed by atoms with Crippen LogP contribution in [0.25, 0.3) is 0 Å². The van der Waals surface area contributed by atoms with Crippen molar-refractivity contribution < 1.29 is 13.9 Å². The van der Waals surface area contributed by atoms with Crippen molar-refractivity contribution in [2.45, 2.75) is 6.92 Å². The zero-order valence-corrected chi connectivity index (χ0v) is 14.6. The van der Waals surface area contributed by atoms with E-state index in [0.29, 0.717) is 10.2 Å². The van der Waals surface area contributed by atoms with E-state index < -0.39 is 0 Å². The van der Waals surface area contributed by atoms with Crippen LogP contribution in [0.1, 0.15) is 5.56 Å². The number of hydrogen-bond donors (Lipinski definition) is 0. The molecule has 0 aromatic heterocycles. The predicted molar refractivity (Wildman–Crippen MR) is 86.1 cm³/mol. The summed E-state index contributed by atoms with van der Waals surface area (Å²) < 4.78 is 24.0. The van der Waals surface area contributed by atoms with E-state index in [-0.39, 0.29) is 5.82 Å². The van der Waals surface area contributed by atoms with E-state index in [0.717, 1.165) is 10.2 Å². The van der Waals surface area contributed by atoms with Crippen LogP contribution in [0.15, 0.2) is 45.3 Å². The smallest absolute Gasteiger partial charge is 0.133 e. The minimum absolute atomic E-state index is 0.271. The standard InChI is InChI=1S/C8H9BrO.C7H6BrFO/c1-6-3-4-8(10-2)7(9)5-6;1-10-7-3-2-5(9)4-6(7)8/h3-5H,1-2H3;2-4H,1H3. The van der Waals surface area contributed by atoms with E-state index in [4.69, 9.17) is 9.47 Å². The molecule has 0 unspecified atom stereocenters. The van der Waals surface area contributed by atoms with Crippen molar-refractivity contribution in [3.05, 3.63) is 56.7 Å². The molecule has 0 saturated heterocycles. The molecule has 108 valence electrons. The van der Waals surface area contributed by atoms with Gasteiger partial charge >= 0.3 is 0 Å². The average Bonchev–Trinajstić information content (AvgIpc) is 2.40. The molecular weight excluding hydrogens is 391 g/mol. The van der Waals surface area contributed by atoms with Gasteiger partial charge in [0.15, 0.2) is 0 Å². The van der Waals surface area contributed by atoms with Crippen molar-refractivity contribution in [1.29, 1.82) is 0 Å². The quantitative estimate of drug-likeness (QED) is 0.669. The van der Waals surface area contributed by atoms with Gasteiger partial charge in [0.1, 0.15) is 17.3 Å². The number of rotatable bonds is 2. The summed E-state index contributed by atoms with van der Waals surface area (Å²) in [4.78, 5) is 0. The Labute approximate surface area is 135 Å². The van der Waals surface area contributed by atoms with E-state index in [1.54, 1.807) is 13.2 Å². The third-order valence-corrected chi connectivity index (χ3v) is 3.66. The lowest BCUT2D eigenvalue weighted by atomic mass is 10.2. The highest BCUT2D eigenvalue weighted by atomic mass is 79.9. The Kier molecular flexibility index (Phi) is 7.02. The number of aryl methyl sites for hydroxylation is 1. The molecule has 2 rings (SSSR count). The molecule has 0 saturated carbocycles. The molecule has 0 heterocycles. The Morgan fingerprint density at radius 2 is 1.35 bits per heavy atom. The van der Waals surface area contributed by atoms with Crippen LogP contribution in [-0.4, -0.2) is 14.2 Å². The van der Waals surface area contributed by atoms with Gasteiger partial charge in [0.25, 0.3) is 0 Å². The summed E-state index contributed by atoms with van der Waals surface area (Å²) in [6, 6.07) is 10.3. The monoisotopic (exact) mass is 404 g/mol. The fraction of sp³-hybridized carbons (Fsp3) is 0.200. The van der Waals surface area contributed by atoms with Crippen LogP contribution < -0.4 is 9.47 Å². The van der Waals surface area contributed by atoms with Gasteiger partial charge in [-0.25, -0.2) is 4.39 Å². The van der Waals surface area contributed by atoms with E-state index in [2.05, 4.69) is 31.9 Å². The lowest BCUT2D eigenvalue weighted by molar-refractivity contribution is 0.411. The van der Waals surface area contributed by atoms with Gasteiger partial charge < -0.3 is 9.47 Å². The predicted octanol–water partition coefficient (Wildman–Crippen LogP) is 5.36. The Morgan fingerprint density at radius 3 is 1.80 bits per heavy atom. The fourth-order valence-electron chi connectivity index (χ4n) is 1.41. The van der Waals surface area contributed by atoms with Crippen LogP contribution in [0.4, 0.5) is 4.39 Å². The van der Waals surface area contributed by atoms with E-state index in [1.807, 2.05) is 25.1 Å². The zero-order chi connectivity index (χ0) is 15.1. The van der Waals surface area contributed by atoms with Gasteiger partial charge in [-0.3, -0.25) is 0 Å². The summed E-state index contributed by atoms with van der Waals surface area (Å²) in [5.41, 5.74) is 1.23. The normalized spacial score (nSPS) is 9.50. The maximum Gasteiger partial charge on any atom is 0.133 e. The van der Waals surface area contributed by atoms with Crippen molar-refractivity contribution >= 4 is 31.9 Å². The maximum absolute atomic E-state index is 12.4. The van der Waals surface area contributed by atoms with Gasteiger partial charge in [0.2, 0.25) is 0 Å². The van der Waals surface area contributed by atoms with Crippen LogP contribution in [0, 0.1) is 12.7 Å². The number of hydrogen-bond acceptors (Lipinski definition) is 2. The van der Waals surface area contributed by atoms with E-state index in [9.17, 15) is 4.39 Å². The molecule has 0 aliphatic heterocycles. The van der Waals surface area contributed by atoms with Crippen molar-refractivity contribution in [3.8, 4) is 11.5 Å². The topological polar surface area (TPSA) is 18.5 Å². The third-order valence-electron chi connectivity index (χ3n) is 2.42. The highest BCUT2D eigenvalue weighted by Crippen LogP contribution is 2.25. The second-order valence-electron chi connectivity index (χ2n) is 3.92. The lowest BCUT2D eigenvalue weighted by Crippen LogP contribution is -1.84. The van der Waals surface area contributed by atoms with Crippen LogP contribution in [0.2, 0.25) is 0 Å². The molecule has 2 aromatic carbocycles. The first-order valence-electron chi connectivity index (χ1n) is 5.77. The molecule has 5 heteroatoms. The Bertz CT molecular complexity index is 522. The van der Waals surface area contributed by atoms with Crippen molar-refractivity contribution in [3.63, 3.8) is 0 Å². The van der Waals surface area contributed by atoms with Gasteiger partial charge in [-0.2, -0.15) is 0 Å². The van der Waals surface area contributed by atoms with Crippen molar-refractivity contribution in [2.24, 2.45) is 0 Å². The summed E-state index contributed by atoms with van der Waals surface area (Å²) in [5, 5.41) is 0. The van der Waals surface area contributed by atoms with Crippen molar-refractivity contribution in [2.75, 3.05) is 14.2 Å². The molecule has 0 radical (unpaired) electrons. The van der Waals surface area contributed by atoms with E-state index in [1.165, 1.54) is 24.8 Å². The summed E-state index contributed by atoms with van der Waals surface area (Å²) in [6.07, 6.45) is 0. The Hall–Kier alpha value is -1.07. The summed E-state index contributed by atoms with van der Waals surface area (Å²) in [6.45, 7) is 2.05. The van der Waals surface area contributed by atoms with Gasteiger partial charge in [0, 0.05) is 0 Å². The Balaban J connectivity index is 0.000000200. The van der Waals surface area contributed by atoms with Gasteiger partial charge in [0.05, 0.1) is 23.2 Å². The first kappa shape index (κ1) is 17.0. The molecule has 0 fully saturated rings. The zero-order valence-electron chi connectivity index (χ0n) is 11.4. The SMILES string of the molecule is COc1ccc(C)cc1Br.COc1ccc(F)cc1Br. The molecule has 0 bridgehead atoms. The highest BCUT2D eigenvalue weighted by Gasteiger charge is 1.99. The van der Waals surface area contributed by atoms with Gasteiger partial charge in [-0.05, 0) is 74.7 Å². The van der Waals surface area contributed by atoms with Gasteiger partial charge in [-0.15, -0.1) is 0 Å². The first-order valence-corrected chi connectivity index (χ1v) is 7.35. The summed E-state index contributed by atoms with van der Waals surface area (Å²) >= 11 is 6.52. The summed E-state index contributed by atoms with van der Waals surface area (Å²) in [7, 11) is 3.20. The molecule has 0 atom stereocenters. The fourth-order valence-corrected chi connectivity index (χ4v) is 2.58. The molecule has 0 N–H and O–H groups in total. The molecule has 2 aromatic rings. The maximum atomic E-state index is 12.4. The molecule has 20 heavy (non-hydrogen) atoms.